The number of imidazole rings is 1. The Morgan fingerprint density at radius 3 is 2.68 bits per heavy atom. The number of hydrogen-bond acceptors (Lipinski definition) is 4. The molecule has 2 aliphatic rings. The Bertz CT molecular complexity index is 1310. The van der Waals surface area contributed by atoms with Crippen molar-refractivity contribution in [3.8, 4) is 11.8 Å². The van der Waals surface area contributed by atoms with Crippen molar-refractivity contribution in [3.63, 3.8) is 0 Å². The molecule has 2 aliphatic carbocycles. The molecule has 0 spiro atoms. The number of aromatic nitrogens is 4. The summed E-state index contributed by atoms with van der Waals surface area (Å²) in [5, 5.41) is 17.9. The number of amides is 1. The first-order valence-electron chi connectivity index (χ1n) is 11.2. The van der Waals surface area contributed by atoms with Crippen molar-refractivity contribution in [2.45, 2.75) is 37.2 Å². The minimum atomic E-state index is -0.998. The fraction of sp³-hybridized carbons (Fsp3) is 0.400. The number of carbonyl (C=O) groups is 1. The molecular weight excluding hydrogens is 457 g/mol. The largest absolute Gasteiger partial charge is 0.378 e. The van der Waals surface area contributed by atoms with Crippen LogP contribution < -0.4 is 5.32 Å². The van der Waals surface area contributed by atoms with E-state index >= 15 is 0 Å². The molecule has 2 heterocycles. The fourth-order valence-electron chi connectivity index (χ4n) is 5.45. The minimum Gasteiger partial charge on any atom is -0.378 e. The molecule has 7 nitrogen and oxygen atoms in total. The molecular formula is C25H25ClFN5O2. The van der Waals surface area contributed by atoms with Crippen LogP contribution >= 0.6 is 11.6 Å². The molecule has 0 bridgehead atoms. The zero-order chi connectivity index (χ0) is 24.0. The fourth-order valence-corrected chi connectivity index (χ4v) is 5.63. The molecule has 2 unspecified atom stereocenters. The van der Waals surface area contributed by atoms with E-state index in [0.717, 1.165) is 24.1 Å². The lowest BCUT2D eigenvalue weighted by Crippen LogP contribution is -2.24. The van der Waals surface area contributed by atoms with Gasteiger partial charge in [-0.15, -0.1) is 0 Å². The zero-order valence-corrected chi connectivity index (χ0v) is 19.7. The van der Waals surface area contributed by atoms with Gasteiger partial charge in [0.1, 0.15) is 17.1 Å². The summed E-state index contributed by atoms with van der Waals surface area (Å²) in [6, 6.07) is 4.08. The van der Waals surface area contributed by atoms with Crippen molar-refractivity contribution in [2.75, 3.05) is 5.32 Å². The number of fused-ring (bicyclic) bond motifs is 1. The van der Waals surface area contributed by atoms with Crippen LogP contribution in [0.3, 0.4) is 0 Å². The van der Waals surface area contributed by atoms with E-state index in [1.165, 1.54) is 18.2 Å². The summed E-state index contributed by atoms with van der Waals surface area (Å²) < 4.78 is 16.9. The van der Waals surface area contributed by atoms with Gasteiger partial charge < -0.3 is 15.0 Å². The highest BCUT2D eigenvalue weighted by atomic mass is 35.5. The van der Waals surface area contributed by atoms with Gasteiger partial charge in [-0.3, -0.25) is 9.48 Å². The molecule has 5 rings (SSSR count). The van der Waals surface area contributed by atoms with Crippen LogP contribution in [0.15, 0.2) is 36.9 Å². The van der Waals surface area contributed by atoms with Gasteiger partial charge in [0.15, 0.2) is 0 Å². The molecule has 2 N–H and O–H groups in total. The smallest absolute Gasteiger partial charge is 0.274 e. The number of anilines is 1. The maximum atomic E-state index is 13.5. The van der Waals surface area contributed by atoms with Crippen LogP contribution in [0.4, 0.5) is 10.1 Å². The van der Waals surface area contributed by atoms with Crippen LogP contribution in [0.2, 0.25) is 5.02 Å². The number of nitrogens with one attached hydrogen (secondary N) is 1. The molecule has 2 fully saturated rings. The van der Waals surface area contributed by atoms with Crippen LogP contribution in [-0.4, -0.2) is 35.9 Å². The van der Waals surface area contributed by atoms with Gasteiger partial charge in [0.25, 0.3) is 5.91 Å². The Balaban J connectivity index is 1.29. The summed E-state index contributed by atoms with van der Waals surface area (Å²) in [4.78, 5) is 17.6. The highest BCUT2D eigenvalue weighted by molar-refractivity contribution is 6.31. The number of hydrogen-bond donors (Lipinski definition) is 2. The molecule has 3 aromatic rings. The normalized spacial score (nSPS) is 25.6. The summed E-state index contributed by atoms with van der Waals surface area (Å²) in [6.07, 6.45) is 8.09. The van der Waals surface area contributed by atoms with Crippen LogP contribution in [0, 0.1) is 29.5 Å². The quantitative estimate of drug-likeness (QED) is 0.556. The van der Waals surface area contributed by atoms with Crippen LogP contribution in [0.25, 0.3) is 0 Å². The third-order valence-electron chi connectivity index (χ3n) is 6.93. The Morgan fingerprint density at radius 2 is 2.03 bits per heavy atom. The average molecular weight is 482 g/mol. The van der Waals surface area contributed by atoms with Crippen molar-refractivity contribution in [2.24, 2.45) is 25.9 Å². The van der Waals surface area contributed by atoms with E-state index in [9.17, 15) is 14.3 Å². The van der Waals surface area contributed by atoms with Crippen LogP contribution in [0.5, 0.6) is 0 Å². The zero-order valence-electron chi connectivity index (χ0n) is 18.9. The molecule has 2 saturated carbocycles. The number of nitrogens with zero attached hydrogens (tertiary/aromatic N) is 4. The van der Waals surface area contributed by atoms with Gasteiger partial charge in [-0.25, -0.2) is 9.37 Å². The van der Waals surface area contributed by atoms with E-state index in [-0.39, 0.29) is 16.8 Å². The van der Waals surface area contributed by atoms with Gasteiger partial charge in [-0.1, -0.05) is 23.4 Å². The van der Waals surface area contributed by atoms with Gasteiger partial charge in [0.2, 0.25) is 0 Å². The summed E-state index contributed by atoms with van der Waals surface area (Å²) in [5.41, 5.74) is 1.45. The molecule has 9 heteroatoms. The lowest BCUT2D eigenvalue weighted by molar-refractivity contribution is 0.0979. The molecule has 34 heavy (non-hydrogen) atoms. The third kappa shape index (κ3) is 4.33. The Labute approximate surface area is 201 Å². The minimum absolute atomic E-state index is 0.0502. The first-order valence-corrected chi connectivity index (χ1v) is 11.6. The highest BCUT2D eigenvalue weighted by Gasteiger charge is 2.49. The number of aryl methyl sites for hydroxylation is 2. The van der Waals surface area contributed by atoms with E-state index in [2.05, 4.69) is 27.2 Å². The van der Waals surface area contributed by atoms with E-state index < -0.39 is 11.4 Å². The molecule has 2 aromatic heterocycles. The lowest BCUT2D eigenvalue weighted by Gasteiger charge is -2.18. The van der Waals surface area contributed by atoms with Gasteiger partial charge >= 0.3 is 0 Å². The molecule has 176 valence electrons. The monoisotopic (exact) mass is 481 g/mol. The number of halogens is 2. The second-order valence-electron chi connectivity index (χ2n) is 9.45. The molecule has 0 radical (unpaired) electrons. The molecule has 0 saturated heterocycles. The second kappa shape index (κ2) is 8.57. The van der Waals surface area contributed by atoms with Crippen molar-refractivity contribution < 1.29 is 14.3 Å². The predicted octanol–water partition coefficient (Wildman–Crippen LogP) is 3.88. The number of carbonyl (C=O) groups excluding carboxylic acids is 1. The van der Waals surface area contributed by atoms with Gasteiger partial charge in [0.05, 0.1) is 28.8 Å². The highest BCUT2D eigenvalue weighted by Crippen LogP contribution is 2.53. The number of rotatable bonds is 3. The van der Waals surface area contributed by atoms with E-state index in [4.69, 9.17) is 11.6 Å². The predicted molar refractivity (Wildman–Crippen MR) is 126 cm³/mol. The van der Waals surface area contributed by atoms with E-state index in [1.807, 2.05) is 13.2 Å². The van der Waals surface area contributed by atoms with Crippen molar-refractivity contribution >= 4 is 23.2 Å². The van der Waals surface area contributed by atoms with Gasteiger partial charge in [0, 0.05) is 31.9 Å². The summed E-state index contributed by atoms with van der Waals surface area (Å²) in [5.74, 6) is 6.06. The van der Waals surface area contributed by atoms with Crippen LogP contribution in [-0.2, 0) is 14.1 Å². The standard InChI is InChI=1S/C25H25ClFN5O2/c1-31-14-28-22(23(31)24(33)30-19-3-4-21(27)20(26)9-19)16-7-17-10-25(34,11-18(17)8-16)6-5-15-12-29-32(2)13-15/h3-4,9,12-14,16-18,34H,7-8,10-11H2,1-2H3,(H,30,33). The van der Waals surface area contributed by atoms with Crippen molar-refractivity contribution in [3.05, 3.63) is 64.7 Å². The summed E-state index contributed by atoms with van der Waals surface area (Å²) >= 11 is 5.85. The number of aliphatic hydroxyl groups is 1. The van der Waals surface area contributed by atoms with E-state index in [1.54, 1.807) is 28.8 Å². The third-order valence-corrected chi connectivity index (χ3v) is 7.22. The molecule has 2 atom stereocenters. The number of benzene rings is 1. The van der Waals surface area contributed by atoms with Crippen molar-refractivity contribution in [1.29, 1.82) is 0 Å². The van der Waals surface area contributed by atoms with Crippen LogP contribution in [0.1, 0.15) is 53.3 Å². The Kier molecular flexibility index (Phi) is 5.70. The summed E-state index contributed by atoms with van der Waals surface area (Å²) in [6.45, 7) is 0. The second-order valence-corrected chi connectivity index (χ2v) is 9.86. The topological polar surface area (TPSA) is 85.0 Å². The maximum absolute atomic E-state index is 13.5. The van der Waals surface area contributed by atoms with Gasteiger partial charge in [-0.05, 0) is 55.7 Å². The van der Waals surface area contributed by atoms with E-state index in [0.29, 0.717) is 36.1 Å². The molecule has 0 aliphatic heterocycles. The first kappa shape index (κ1) is 22.6. The van der Waals surface area contributed by atoms with Crippen molar-refractivity contribution in [1.82, 2.24) is 19.3 Å². The SMILES string of the molecule is Cn1cc(C#CC2(O)CC3CC(c4ncn(C)c4C(=O)Nc4ccc(F)c(Cl)c4)CC3C2)cn1. The first-order chi connectivity index (χ1) is 16.2. The molecule has 1 amide bonds. The average Bonchev–Trinajstić information content (AvgIpc) is 3.52. The Hall–Kier alpha value is -3.15. The summed E-state index contributed by atoms with van der Waals surface area (Å²) in [7, 11) is 3.62. The van der Waals surface area contributed by atoms with Gasteiger partial charge in [-0.2, -0.15) is 5.10 Å². The maximum Gasteiger partial charge on any atom is 0.274 e. The lowest BCUT2D eigenvalue weighted by atomic mass is 9.92. The molecule has 1 aromatic carbocycles. The Morgan fingerprint density at radius 1 is 1.29 bits per heavy atom.